The van der Waals surface area contributed by atoms with Crippen molar-refractivity contribution < 1.29 is 14.1 Å². The second kappa shape index (κ2) is 7.56. The van der Waals surface area contributed by atoms with Gasteiger partial charge in [-0.25, -0.2) is 0 Å². The summed E-state index contributed by atoms with van der Waals surface area (Å²) in [6, 6.07) is 1.32. The normalized spacial score (nSPS) is 19.9. The third-order valence-electron chi connectivity index (χ3n) is 5.22. The fourth-order valence-electron chi connectivity index (χ4n) is 3.14. The number of carbonyl (C=O) groups is 2. The Morgan fingerprint density at radius 1 is 1.32 bits per heavy atom. The number of nitrogens with one attached hydrogen (secondary N) is 1. The van der Waals surface area contributed by atoms with Crippen LogP contribution in [0.25, 0.3) is 0 Å². The molecule has 2 aliphatic rings. The first kappa shape index (κ1) is 17.9. The van der Waals surface area contributed by atoms with Crippen LogP contribution in [0.1, 0.15) is 61.7 Å². The third kappa shape index (κ3) is 4.39. The largest absolute Gasteiger partial charge is 0.360 e. The molecule has 25 heavy (non-hydrogen) atoms. The summed E-state index contributed by atoms with van der Waals surface area (Å²) in [6.07, 6.45) is 3.99. The van der Waals surface area contributed by atoms with Gasteiger partial charge >= 0.3 is 0 Å². The van der Waals surface area contributed by atoms with Gasteiger partial charge in [-0.1, -0.05) is 19.0 Å². The zero-order valence-corrected chi connectivity index (χ0v) is 15.0. The number of piperidine rings is 1. The van der Waals surface area contributed by atoms with E-state index in [1.807, 2.05) is 18.7 Å². The van der Waals surface area contributed by atoms with Crippen LogP contribution in [0.4, 0.5) is 0 Å². The Labute approximate surface area is 148 Å². The second-order valence-electron chi connectivity index (χ2n) is 7.64. The molecule has 0 spiro atoms. The van der Waals surface area contributed by atoms with Gasteiger partial charge in [0, 0.05) is 31.6 Å². The minimum atomic E-state index is -0.427. The first-order valence-corrected chi connectivity index (χ1v) is 9.25. The van der Waals surface area contributed by atoms with Gasteiger partial charge in [-0.05, 0) is 37.5 Å². The van der Waals surface area contributed by atoms with E-state index < -0.39 is 6.04 Å². The summed E-state index contributed by atoms with van der Waals surface area (Å²) in [5.74, 6) is 1.64. The molecule has 0 radical (unpaired) electrons. The minimum Gasteiger partial charge on any atom is -0.360 e. The second-order valence-corrected chi connectivity index (χ2v) is 7.64. The van der Waals surface area contributed by atoms with Crippen LogP contribution in [0.15, 0.2) is 10.6 Å². The highest BCUT2D eigenvalue weighted by atomic mass is 16.5. The van der Waals surface area contributed by atoms with Gasteiger partial charge in [-0.15, -0.1) is 0 Å². The van der Waals surface area contributed by atoms with Crippen LogP contribution in [0, 0.1) is 11.8 Å². The highest BCUT2D eigenvalue weighted by Gasteiger charge is 2.30. The molecule has 1 aromatic heterocycles. The van der Waals surface area contributed by atoms with Crippen molar-refractivity contribution >= 4 is 11.8 Å². The highest BCUT2D eigenvalue weighted by molar-refractivity contribution is 5.92. The first-order valence-electron chi connectivity index (χ1n) is 9.25. The summed E-state index contributed by atoms with van der Waals surface area (Å²) in [5.41, 5.74) is 6.31. The lowest BCUT2D eigenvalue weighted by atomic mass is 9.95. The number of aromatic nitrogens is 1. The molecule has 3 N–H and O–H groups in total. The molecular formula is C18H28N4O3. The van der Waals surface area contributed by atoms with Crippen LogP contribution in [0.5, 0.6) is 0 Å². The van der Waals surface area contributed by atoms with E-state index >= 15 is 0 Å². The van der Waals surface area contributed by atoms with Crippen LogP contribution in [-0.2, 0) is 4.79 Å². The number of nitrogens with zero attached hydrogens (tertiary/aromatic N) is 2. The average Bonchev–Trinajstić information content (AvgIpc) is 3.35. The molecule has 138 valence electrons. The van der Waals surface area contributed by atoms with E-state index in [2.05, 4.69) is 10.5 Å². The van der Waals surface area contributed by atoms with Gasteiger partial charge in [0.05, 0.1) is 6.04 Å². The van der Waals surface area contributed by atoms with E-state index in [4.69, 9.17) is 10.3 Å². The maximum absolute atomic E-state index is 12.3. The molecule has 7 heteroatoms. The molecule has 1 aromatic rings. The van der Waals surface area contributed by atoms with Crippen molar-refractivity contribution in [1.29, 1.82) is 0 Å². The molecule has 0 bridgehead atoms. The summed E-state index contributed by atoms with van der Waals surface area (Å²) in [6.45, 7) is 5.93. The van der Waals surface area contributed by atoms with E-state index in [0.29, 0.717) is 37.2 Å². The fraction of sp³-hybridized carbons (Fsp3) is 0.722. The van der Waals surface area contributed by atoms with Crippen LogP contribution in [0.2, 0.25) is 0 Å². The summed E-state index contributed by atoms with van der Waals surface area (Å²) in [4.78, 5) is 26.3. The van der Waals surface area contributed by atoms with Gasteiger partial charge in [-0.3, -0.25) is 9.59 Å². The Morgan fingerprint density at radius 3 is 2.60 bits per heavy atom. The molecular weight excluding hydrogens is 320 g/mol. The molecule has 2 heterocycles. The van der Waals surface area contributed by atoms with E-state index in [1.165, 1.54) is 0 Å². The highest BCUT2D eigenvalue weighted by Crippen LogP contribution is 2.40. The topological polar surface area (TPSA) is 101 Å². The zero-order valence-electron chi connectivity index (χ0n) is 15.0. The molecule has 2 amide bonds. The van der Waals surface area contributed by atoms with Crippen molar-refractivity contribution in [1.82, 2.24) is 15.4 Å². The van der Waals surface area contributed by atoms with Gasteiger partial charge < -0.3 is 20.5 Å². The third-order valence-corrected chi connectivity index (χ3v) is 5.22. The number of carbonyl (C=O) groups excluding carboxylic acids is 2. The van der Waals surface area contributed by atoms with E-state index in [0.717, 1.165) is 31.4 Å². The molecule has 1 aliphatic carbocycles. The first-order chi connectivity index (χ1) is 12.0. The Morgan fingerprint density at radius 2 is 2.00 bits per heavy atom. The molecule has 2 fully saturated rings. The summed E-state index contributed by atoms with van der Waals surface area (Å²) in [7, 11) is 0. The Bertz CT molecular complexity index is 616. The summed E-state index contributed by atoms with van der Waals surface area (Å²) >= 11 is 0. The lowest BCUT2D eigenvalue weighted by Crippen LogP contribution is -2.50. The molecule has 1 atom stereocenters. The number of hydrogen-bond acceptors (Lipinski definition) is 5. The smallest absolute Gasteiger partial charge is 0.273 e. The number of rotatable bonds is 6. The summed E-state index contributed by atoms with van der Waals surface area (Å²) in [5, 5.41) is 6.80. The van der Waals surface area contributed by atoms with Gasteiger partial charge in [0.1, 0.15) is 5.76 Å². The Kier molecular flexibility index (Phi) is 5.42. The van der Waals surface area contributed by atoms with Crippen LogP contribution in [0.3, 0.4) is 0 Å². The van der Waals surface area contributed by atoms with Crippen molar-refractivity contribution in [3.05, 3.63) is 17.5 Å². The van der Waals surface area contributed by atoms with E-state index in [-0.39, 0.29) is 17.7 Å². The van der Waals surface area contributed by atoms with Gasteiger partial charge in [0.25, 0.3) is 5.91 Å². The van der Waals surface area contributed by atoms with Crippen molar-refractivity contribution in [3.8, 4) is 0 Å². The van der Waals surface area contributed by atoms with Crippen LogP contribution >= 0.6 is 0 Å². The van der Waals surface area contributed by atoms with Crippen LogP contribution in [-0.4, -0.2) is 47.5 Å². The molecule has 0 aromatic carbocycles. The molecule has 1 saturated carbocycles. The molecule has 3 rings (SSSR count). The van der Waals surface area contributed by atoms with Crippen molar-refractivity contribution in [2.24, 2.45) is 17.6 Å². The predicted molar refractivity (Wildman–Crippen MR) is 92.9 cm³/mol. The number of hydrogen-bond donors (Lipinski definition) is 2. The predicted octanol–water partition coefficient (Wildman–Crippen LogP) is 1.50. The Hall–Kier alpha value is -1.89. The quantitative estimate of drug-likeness (QED) is 0.811. The molecule has 7 nitrogen and oxygen atoms in total. The average molecular weight is 348 g/mol. The van der Waals surface area contributed by atoms with Gasteiger partial charge in [0.2, 0.25) is 5.91 Å². The number of likely N-dealkylation sites (tertiary alicyclic amines) is 1. The minimum absolute atomic E-state index is 0.0349. The molecule has 1 aliphatic heterocycles. The van der Waals surface area contributed by atoms with E-state index in [1.54, 1.807) is 6.07 Å². The van der Waals surface area contributed by atoms with E-state index in [9.17, 15) is 9.59 Å². The molecule has 1 saturated heterocycles. The lowest BCUT2D eigenvalue weighted by Gasteiger charge is -2.34. The van der Waals surface area contributed by atoms with Crippen molar-refractivity contribution in [2.45, 2.75) is 51.5 Å². The van der Waals surface area contributed by atoms with Crippen molar-refractivity contribution in [2.75, 3.05) is 19.6 Å². The SMILES string of the molecule is CC(C)[C@@H](N)C(=O)N1CCC(CNC(=O)c2cc(C3CC3)on2)CC1. The Balaban J connectivity index is 1.41. The van der Waals surface area contributed by atoms with Crippen molar-refractivity contribution in [3.63, 3.8) is 0 Å². The van der Waals surface area contributed by atoms with Gasteiger partial charge in [0.15, 0.2) is 5.69 Å². The monoisotopic (exact) mass is 348 g/mol. The fourth-order valence-corrected chi connectivity index (χ4v) is 3.14. The van der Waals surface area contributed by atoms with Crippen LogP contribution < -0.4 is 11.1 Å². The summed E-state index contributed by atoms with van der Waals surface area (Å²) < 4.78 is 5.22. The maximum atomic E-state index is 12.3. The number of nitrogens with two attached hydrogens (primary N) is 1. The van der Waals surface area contributed by atoms with Gasteiger partial charge in [-0.2, -0.15) is 0 Å². The maximum Gasteiger partial charge on any atom is 0.273 e. The molecule has 0 unspecified atom stereocenters. The zero-order chi connectivity index (χ0) is 18.0. The lowest BCUT2D eigenvalue weighted by molar-refractivity contribution is -0.134. The standard InChI is InChI=1S/C18H28N4O3/c1-11(2)16(19)18(24)22-7-5-12(6-8-22)10-20-17(23)14-9-15(25-21-14)13-3-4-13/h9,11-13,16H,3-8,10,19H2,1-2H3,(H,20,23)/t16-/m1/s1. The number of amides is 2.